The van der Waals surface area contributed by atoms with Crippen molar-refractivity contribution in [3.05, 3.63) is 31.5 Å². The van der Waals surface area contributed by atoms with Gasteiger partial charge in [-0.15, -0.1) is 0 Å². The number of hydrogen-bond acceptors (Lipinski definition) is 7. The van der Waals surface area contributed by atoms with E-state index in [1.54, 1.807) is 9.97 Å². The molecule has 0 aliphatic heterocycles. The van der Waals surface area contributed by atoms with Gasteiger partial charge in [0, 0.05) is 0 Å². The van der Waals surface area contributed by atoms with Gasteiger partial charge in [0.15, 0.2) is 0 Å². The number of aromatic nitrogens is 3. The van der Waals surface area contributed by atoms with Gasteiger partial charge in [-0.2, -0.15) is 14.6 Å². The maximum Gasteiger partial charge on any atom is 0.337 e. The first-order valence-electron chi connectivity index (χ1n) is 3.69. The Bertz CT molecular complexity index is 601. The number of H-pyrrole nitrogens is 2. The van der Waals surface area contributed by atoms with Crippen LogP contribution in [0.4, 0.5) is 0 Å². The van der Waals surface area contributed by atoms with Crippen LogP contribution in [0.1, 0.15) is 6.29 Å². The zero-order valence-electron chi connectivity index (χ0n) is 7.46. The summed E-state index contributed by atoms with van der Waals surface area (Å²) in [5.74, 6) is 0. The molecule has 1 aromatic heterocycles. The first kappa shape index (κ1) is 11.2. The number of hydrogen-bond donors (Lipinski definition) is 2. The maximum atomic E-state index is 11.2. The predicted molar refractivity (Wildman–Crippen MR) is 47.2 cm³/mol. The van der Waals surface area contributed by atoms with Gasteiger partial charge in [-0.25, -0.2) is 24.0 Å². The van der Waals surface area contributed by atoms with Crippen LogP contribution >= 0.6 is 0 Å². The van der Waals surface area contributed by atoms with Gasteiger partial charge < -0.3 is 0 Å². The number of rotatable bonds is 3. The lowest BCUT2D eigenvalue weighted by molar-refractivity contribution is 0.470. The highest BCUT2D eigenvalue weighted by molar-refractivity contribution is 5.36. The Balaban J connectivity index is 3.59. The lowest BCUT2D eigenvalue weighted by atomic mass is 10.7. The zero-order chi connectivity index (χ0) is 12.1. The molecule has 0 atom stereocenters. The van der Waals surface area contributed by atoms with E-state index in [2.05, 4.69) is 9.98 Å². The van der Waals surface area contributed by atoms with E-state index in [9.17, 15) is 24.0 Å². The lowest BCUT2D eigenvalue weighted by Gasteiger charge is -2.03. The van der Waals surface area contributed by atoms with Gasteiger partial charge >= 0.3 is 17.1 Å². The molecule has 0 saturated heterocycles. The Labute approximate surface area is 85.0 Å². The third-order valence-corrected chi connectivity index (χ3v) is 1.45. The van der Waals surface area contributed by atoms with Crippen LogP contribution in [0.15, 0.2) is 24.4 Å². The number of isocyanates is 2. The summed E-state index contributed by atoms with van der Waals surface area (Å²) in [6.45, 7) is 0. The van der Waals surface area contributed by atoms with Crippen LogP contribution in [0.2, 0.25) is 0 Å². The summed E-state index contributed by atoms with van der Waals surface area (Å²) in [5.41, 5.74) is -3.37. The highest BCUT2D eigenvalue weighted by atomic mass is 16.2. The van der Waals surface area contributed by atoms with E-state index >= 15 is 0 Å². The molecular formula is C6H3N5O5. The third-order valence-electron chi connectivity index (χ3n) is 1.45. The largest absolute Gasteiger partial charge is 0.337 e. The molecule has 0 spiro atoms. The summed E-state index contributed by atoms with van der Waals surface area (Å²) in [6.07, 6.45) is 0.303. The van der Waals surface area contributed by atoms with Crippen LogP contribution in [0.25, 0.3) is 0 Å². The van der Waals surface area contributed by atoms with E-state index < -0.39 is 23.4 Å². The SMILES string of the molecule is O=C=NC(N=C=O)n1c(=O)[nH]c(=O)[nH]c1=O. The normalized spacial score (nSPS) is 11.0. The minimum absolute atomic E-state index is 0.247. The summed E-state index contributed by atoms with van der Waals surface area (Å²) in [4.78, 5) is 62.2. The molecule has 0 saturated carbocycles. The highest BCUT2D eigenvalue weighted by Crippen LogP contribution is 2.00. The van der Waals surface area contributed by atoms with Gasteiger partial charge in [0.05, 0.1) is 0 Å². The van der Waals surface area contributed by atoms with Crippen LogP contribution in [0, 0.1) is 0 Å². The molecule has 10 heteroatoms. The molecule has 0 amide bonds. The number of nitrogens with one attached hydrogen (secondary N) is 2. The van der Waals surface area contributed by atoms with E-state index in [4.69, 9.17) is 0 Å². The van der Waals surface area contributed by atoms with Gasteiger partial charge in [0.2, 0.25) is 12.2 Å². The van der Waals surface area contributed by atoms with Crippen LogP contribution in [-0.2, 0) is 9.59 Å². The number of nitrogens with zero attached hydrogens (tertiary/aromatic N) is 3. The summed E-state index contributed by atoms with van der Waals surface area (Å²) in [5, 5.41) is 0. The molecule has 0 fully saturated rings. The van der Waals surface area contributed by atoms with Crippen molar-refractivity contribution in [1.29, 1.82) is 0 Å². The van der Waals surface area contributed by atoms with Crippen molar-refractivity contribution in [3.63, 3.8) is 0 Å². The Morgan fingerprint density at radius 1 is 1.00 bits per heavy atom. The van der Waals surface area contributed by atoms with Crippen LogP contribution < -0.4 is 17.1 Å². The number of aliphatic imine (C=N–C) groups is 2. The average Bonchev–Trinajstić information content (AvgIpc) is 2.16. The van der Waals surface area contributed by atoms with Gasteiger partial charge in [0.25, 0.3) is 6.29 Å². The standard InChI is InChI=1S/C6H3N5O5/c12-1-7-3(8-2-13)11-5(15)9-4(14)10-6(11)16/h3H,(H2,9,10,14,15,16). The molecule has 82 valence electrons. The number of carbonyl (C=O) groups excluding carboxylic acids is 2. The van der Waals surface area contributed by atoms with E-state index in [0.29, 0.717) is 0 Å². The van der Waals surface area contributed by atoms with E-state index in [1.165, 1.54) is 0 Å². The molecular weight excluding hydrogens is 222 g/mol. The van der Waals surface area contributed by atoms with Crippen molar-refractivity contribution in [2.75, 3.05) is 0 Å². The molecule has 1 heterocycles. The van der Waals surface area contributed by atoms with Gasteiger partial charge in [-0.05, 0) is 0 Å². The minimum atomic E-state index is -1.73. The van der Waals surface area contributed by atoms with Crippen molar-refractivity contribution in [3.8, 4) is 0 Å². The van der Waals surface area contributed by atoms with E-state index in [-0.39, 0.29) is 4.57 Å². The summed E-state index contributed by atoms with van der Waals surface area (Å²) in [6, 6.07) is 0. The van der Waals surface area contributed by atoms with Crippen molar-refractivity contribution in [1.82, 2.24) is 14.5 Å². The predicted octanol–water partition coefficient (Wildman–Crippen LogP) is -2.65. The fourth-order valence-electron chi connectivity index (χ4n) is 0.887. The van der Waals surface area contributed by atoms with E-state index in [1.807, 2.05) is 0 Å². The fraction of sp³-hybridized carbons (Fsp3) is 0.167. The molecule has 1 rings (SSSR count). The molecule has 0 aromatic carbocycles. The summed E-state index contributed by atoms with van der Waals surface area (Å²) >= 11 is 0. The second kappa shape index (κ2) is 4.60. The van der Waals surface area contributed by atoms with Crippen molar-refractivity contribution < 1.29 is 9.59 Å². The van der Waals surface area contributed by atoms with Crippen LogP contribution in [0.5, 0.6) is 0 Å². The summed E-state index contributed by atoms with van der Waals surface area (Å²) < 4.78 is 0.247. The van der Waals surface area contributed by atoms with E-state index in [0.717, 1.165) is 12.2 Å². The van der Waals surface area contributed by atoms with Gasteiger partial charge in [-0.3, -0.25) is 9.97 Å². The molecule has 2 N–H and O–H groups in total. The first-order chi connectivity index (χ1) is 7.60. The Morgan fingerprint density at radius 3 is 1.81 bits per heavy atom. The lowest BCUT2D eigenvalue weighted by Crippen LogP contribution is -2.44. The quantitative estimate of drug-likeness (QED) is 0.426. The van der Waals surface area contributed by atoms with Crippen molar-refractivity contribution in [2.45, 2.75) is 6.29 Å². The zero-order valence-corrected chi connectivity index (χ0v) is 7.46. The molecule has 0 radical (unpaired) electrons. The average molecular weight is 225 g/mol. The Morgan fingerprint density at radius 2 is 1.44 bits per heavy atom. The molecule has 10 nitrogen and oxygen atoms in total. The first-order valence-corrected chi connectivity index (χ1v) is 3.69. The second-order valence-electron chi connectivity index (χ2n) is 2.35. The topological polar surface area (TPSA) is 147 Å². The molecule has 0 bridgehead atoms. The molecule has 0 unspecified atom stereocenters. The Kier molecular flexibility index (Phi) is 3.23. The summed E-state index contributed by atoms with van der Waals surface area (Å²) in [7, 11) is 0. The van der Waals surface area contributed by atoms with Crippen LogP contribution in [-0.4, -0.2) is 26.7 Å². The molecule has 1 aromatic rings. The molecule has 16 heavy (non-hydrogen) atoms. The van der Waals surface area contributed by atoms with Gasteiger partial charge in [-0.1, -0.05) is 0 Å². The fourth-order valence-corrected chi connectivity index (χ4v) is 0.887. The van der Waals surface area contributed by atoms with Crippen molar-refractivity contribution in [2.24, 2.45) is 9.98 Å². The highest BCUT2D eigenvalue weighted by Gasteiger charge is 2.13. The maximum absolute atomic E-state index is 11.2. The van der Waals surface area contributed by atoms with Crippen molar-refractivity contribution >= 4 is 12.2 Å². The smallest absolute Gasteiger partial charge is 0.259 e. The third kappa shape index (κ3) is 2.15. The monoisotopic (exact) mass is 225 g/mol. The van der Waals surface area contributed by atoms with Gasteiger partial charge in [0.1, 0.15) is 0 Å². The number of aromatic amines is 2. The Hall–Kier alpha value is -2.83. The molecule has 0 aliphatic rings. The second-order valence-corrected chi connectivity index (χ2v) is 2.35. The molecule has 0 aliphatic carbocycles. The minimum Gasteiger partial charge on any atom is -0.259 e. The van der Waals surface area contributed by atoms with Crippen LogP contribution in [0.3, 0.4) is 0 Å².